The van der Waals surface area contributed by atoms with Gasteiger partial charge in [-0.3, -0.25) is 0 Å². The monoisotopic (exact) mass is 327 g/mol. The number of hydrogen-bond acceptors (Lipinski definition) is 1. The number of rotatable bonds is 7. The van der Waals surface area contributed by atoms with Crippen LogP contribution in [0.1, 0.15) is 36.4 Å². The van der Waals surface area contributed by atoms with Gasteiger partial charge in [-0.1, -0.05) is 85.3 Å². The molecule has 0 aromatic heterocycles. The molecular formula is C24H25N. The van der Waals surface area contributed by atoms with E-state index in [0.717, 1.165) is 0 Å². The third kappa shape index (κ3) is 3.76. The van der Waals surface area contributed by atoms with Gasteiger partial charge >= 0.3 is 0 Å². The highest BCUT2D eigenvalue weighted by atomic mass is 15.4. The van der Waals surface area contributed by atoms with Gasteiger partial charge in [0.05, 0.1) is 12.1 Å². The van der Waals surface area contributed by atoms with Gasteiger partial charge < -0.3 is 4.90 Å². The molecule has 25 heavy (non-hydrogen) atoms. The van der Waals surface area contributed by atoms with Crippen molar-refractivity contribution in [2.45, 2.75) is 37.8 Å². The number of hydrogen-bond donors (Lipinski definition) is 0. The van der Waals surface area contributed by atoms with Crippen LogP contribution in [-0.2, 0) is 6.42 Å². The summed E-state index contributed by atoms with van der Waals surface area (Å²) in [5.41, 5.74) is 4.25. The molecule has 4 rings (SSSR count). The molecule has 126 valence electrons. The maximum Gasteiger partial charge on any atom is 0.0750 e. The lowest BCUT2D eigenvalue weighted by Gasteiger charge is -2.06. The van der Waals surface area contributed by atoms with Crippen LogP contribution in [0, 0.1) is 0 Å². The van der Waals surface area contributed by atoms with Gasteiger partial charge in [-0.2, -0.15) is 0 Å². The molecule has 1 unspecified atom stereocenters. The zero-order valence-electron chi connectivity index (χ0n) is 14.6. The van der Waals surface area contributed by atoms with E-state index in [9.17, 15) is 0 Å². The van der Waals surface area contributed by atoms with E-state index in [1.807, 2.05) is 0 Å². The second-order valence-corrected chi connectivity index (χ2v) is 6.90. The van der Waals surface area contributed by atoms with Crippen molar-refractivity contribution in [3.05, 3.63) is 102 Å². The maximum absolute atomic E-state index is 2.58. The molecule has 0 aliphatic carbocycles. The van der Waals surface area contributed by atoms with E-state index in [1.54, 1.807) is 0 Å². The molecule has 1 saturated heterocycles. The van der Waals surface area contributed by atoms with Gasteiger partial charge in [-0.15, -0.1) is 0 Å². The summed E-state index contributed by atoms with van der Waals surface area (Å²) in [5, 5.41) is 0. The van der Waals surface area contributed by atoms with Crippen LogP contribution in [-0.4, -0.2) is 6.04 Å². The van der Waals surface area contributed by atoms with E-state index in [4.69, 9.17) is 0 Å². The van der Waals surface area contributed by atoms with Crippen LogP contribution in [0.5, 0.6) is 0 Å². The molecule has 3 aromatic rings. The Morgan fingerprint density at radius 3 is 1.92 bits per heavy atom. The molecule has 0 amide bonds. The molecule has 0 spiro atoms. The quantitative estimate of drug-likeness (QED) is 0.378. The standard InChI is InChI=1S/C24H25N/c1-4-12-20(13-5-1)14-10-11-19-23-24(21-15-6-2-7-16-21)25(23)22-17-8-3-9-18-22/h1-9,12-13,15-18,23-24H,10-11,14,19H2/t23?,24-,25?/m1/s1. The minimum atomic E-state index is 0.542. The minimum Gasteiger partial charge on any atom is -0.357 e. The highest BCUT2D eigenvalue weighted by molar-refractivity contribution is 5.59. The Kier molecular flexibility index (Phi) is 4.83. The van der Waals surface area contributed by atoms with E-state index in [1.165, 1.54) is 42.5 Å². The molecule has 2 atom stereocenters. The molecule has 0 saturated carbocycles. The van der Waals surface area contributed by atoms with E-state index >= 15 is 0 Å². The molecule has 0 radical (unpaired) electrons. The molecular weight excluding hydrogens is 302 g/mol. The first-order chi connectivity index (χ1) is 12.4. The second kappa shape index (κ2) is 7.57. The number of aryl methyl sites for hydroxylation is 1. The van der Waals surface area contributed by atoms with Crippen molar-refractivity contribution in [2.75, 3.05) is 4.90 Å². The first-order valence-corrected chi connectivity index (χ1v) is 9.36. The first-order valence-electron chi connectivity index (χ1n) is 9.36. The summed E-state index contributed by atoms with van der Waals surface area (Å²) in [4.78, 5) is 2.58. The average Bonchev–Trinajstić information content (AvgIpc) is 3.42. The van der Waals surface area contributed by atoms with Crippen molar-refractivity contribution >= 4 is 5.69 Å². The smallest absolute Gasteiger partial charge is 0.0750 e. The van der Waals surface area contributed by atoms with Crippen LogP contribution in [0.4, 0.5) is 5.69 Å². The van der Waals surface area contributed by atoms with Crippen molar-refractivity contribution in [3.8, 4) is 0 Å². The van der Waals surface area contributed by atoms with Gasteiger partial charge in [0, 0.05) is 5.69 Å². The molecule has 0 N–H and O–H groups in total. The minimum absolute atomic E-state index is 0.542. The Bertz CT molecular complexity index is 721. The summed E-state index contributed by atoms with van der Waals surface area (Å²) >= 11 is 0. The Labute approximate surface area is 150 Å². The Morgan fingerprint density at radius 2 is 1.24 bits per heavy atom. The van der Waals surface area contributed by atoms with Crippen molar-refractivity contribution in [1.29, 1.82) is 0 Å². The Hall–Kier alpha value is -2.54. The molecule has 1 aliphatic rings. The van der Waals surface area contributed by atoms with Crippen LogP contribution in [0.15, 0.2) is 91.0 Å². The summed E-state index contributed by atoms with van der Waals surface area (Å²) in [7, 11) is 0. The van der Waals surface area contributed by atoms with Crippen molar-refractivity contribution in [3.63, 3.8) is 0 Å². The van der Waals surface area contributed by atoms with Crippen LogP contribution in [0.25, 0.3) is 0 Å². The average molecular weight is 327 g/mol. The lowest BCUT2D eigenvalue weighted by molar-refractivity contribution is 0.667. The fourth-order valence-corrected chi connectivity index (χ4v) is 3.89. The molecule has 1 aliphatic heterocycles. The van der Waals surface area contributed by atoms with Crippen molar-refractivity contribution in [2.24, 2.45) is 0 Å². The number of unbranched alkanes of at least 4 members (excludes halogenated alkanes) is 1. The highest BCUT2D eigenvalue weighted by Crippen LogP contribution is 2.48. The number of nitrogens with zero attached hydrogens (tertiary/aromatic N) is 1. The summed E-state index contributed by atoms with van der Waals surface area (Å²) in [5.74, 6) is 0. The van der Waals surface area contributed by atoms with Gasteiger partial charge in [0.25, 0.3) is 0 Å². The fraction of sp³-hybridized carbons (Fsp3) is 0.250. The van der Waals surface area contributed by atoms with E-state index in [0.29, 0.717) is 12.1 Å². The van der Waals surface area contributed by atoms with Crippen molar-refractivity contribution in [1.82, 2.24) is 0 Å². The molecule has 1 nitrogen and oxygen atoms in total. The Morgan fingerprint density at radius 1 is 0.640 bits per heavy atom. The molecule has 3 aromatic carbocycles. The lowest BCUT2D eigenvalue weighted by atomic mass is 10.0. The fourth-order valence-electron chi connectivity index (χ4n) is 3.89. The van der Waals surface area contributed by atoms with E-state index in [2.05, 4.69) is 95.9 Å². The Balaban J connectivity index is 1.38. The largest absolute Gasteiger partial charge is 0.357 e. The topological polar surface area (TPSA) is 3.01 Å². The number of benzene rings is 3. The SMILES string of the molecule is c1ccc(CCCCC2[C@@H](c3ccccc3)N2c2ccccc2)cc1. The molecule has 0 bridgehead atoms. The predicted molar refractivity (Wildman–Crippen MR) is 106 cm³/mol. The second-order valence-electron chi connectivity index (χ2n) is 6.90. The normalized spacial score (nSPS) is 19.0. The molecule has 1 fully saturated rings. The van der Waals surface area contributed by atoms with Gasteiger partial charge in [-0.05, 0) is 42.5 Å². The molecule has 1 heterocycles. The van der Waals surface area contributed by atoms with Crippen LogP contribution in [0.2, 0.25) is 0 Å². The summed E-state index contributed by atoms with van der Waals surface area (Å²) in [6.07, 6.45) is 5.01. The maximum atomic E-state index is 2.58. The van der Waals surface area contributed by atoms with E-state index in [-0.39, 0.29) is 0 Å². The third-order valence-corrected chi connectivity index (χ3v) is 5.19. The van der Waals surface area contributed by atoms with Gasteiger partial charge in [0.15, 0.2) is 0 Å². The van der Waals surface area contributed by atoms with Crippen LogP contribution >= 0.6 is 0 Å². The zero-order chi connectivity index (χ0) is 16.9. The number of anilines is 1. The summed E-state index contributed by atoms with van der Waals surface area (Å²) in [6.45, 7) is 0. The molecule has 1 heteroatoms. The highest BCUT2D eigenvalue weighted by Gasteiger charge is 2.47. The third-order valence-electron chi connectivity index (χ3n) is 5.19. The van der Waals surface area contributed by atoms with Gasteiger partial charge in [0.2, 0.25) is 0 Å². The predicted octanol–water partition coefficient (Wildman–Crippen LogP) is 6.03. The van der Waals surface area contributed by atoms with Crippen molar-refractivity contribution < 1.29 is 0 Å². The summed E-state index contributed by atoms with van der Waals surface area (Å²) in [6, 6.07) is 33.8. The van der Waals surface area contributed by atoms with Gasteiger partial charge in [-0.25, -0.2) is 0 Å². The zero-order valence-corrected chi connectivity index (χ0v) is 14.6. The van der Waals surface area contributed by atoms with Crippen LogP contribution < -0.4 is 4.90 Å². The van der Waals surface area contributed by atoms with E-state index < -0.39 is 0 Å². The summed E-state index contributed by atoms with van der Waals surface area (Å²) < 4.78 is 0. The van der Waals surface area contributed by atoms with Gasteiger partial charge in [0.1, 0.15) is 0 Å². The van der Waals surface area contributed by atoms with Crippen LogP contribution in [0.3, 0.4) is 0 Å². The first kappa shape index (κ1) is 16.0. The number of para-hydroxylation sites is 1. The lowest BCUT2D eigenvalue weighted by Crippen LogP contribution is -1.99.